The van der Waals surface area contributed by atoms with Crippen molar-refractivity contribution >= 4 is 7.14 Å². The van der Waals surface area contributed by atoms with E-state index in [1.165, 1.54) is 0 Å². The van der Waals surface area contributed by atoms with Crippen molar-refractivity contribution < 1.29 is 4.57 Å². The Bertz CT molecular complexity index is 521. The highest BCUT2D eigenvalue weighted by atomic mass is 31.2. The summed E-state index contributed by atoms with van der Waals surface area (Å²) in [5.41, 5.74) is 2.68. The molecule has 0 N–H and O–H groups in total. The lowest BCUT2D eigenvalue weighted by molar-refractivity contribution is 0.587. The van der Waals surface area contributed by atoms with Gasteiger partial charge in [-0.25, -0.2) is 0 Å². The Hall–Kier alpha value is -1.55. The highest BCUT2D eigenvalue weighted by Crippen LogP contribution is 2.58. The molecule has 0 saturated heterocycles. The predicted molar refractivity (Wildman–Crippen MR) is 87.8 cm³/mol. The molecule has 0 aliphatic rings. The zero-order valence-electron chi connectivity index (χ0n) is 12.3. The lowest BCUT2D eigenvalue weighted by Gasteiger charge is -2.15. The molecule has 0 radical (unpaired) electrons. The van der Waals surface area contributed by atoms with Crippen molar-refractivity contribution in [1.82, 2.24) is 0 Å². The Morgan fingerprint density at radius 1 is 1.00 bits per heavy atom. The lowest BCUT2D eigenvalue weighted by atomic mass is 10.4. The van der Waals surface area contributed by atoms with E-state index >= 15 is 0 Å². The van der Waals surface area contributed by atoms with E-state index in [-0.39, 0.29) is 0 Å². The summed E-state index contributed by atoms with van der Waals surface area (Å²) in [5, 5.41) is 1.62. The third-order valence-corrected chi connectivity index (χ3v) is 5.06. The fraction of sp³-hybridized carbons (Fsp3) is 0.235. The average molecular weight is 274 g/mol. The van der Waals surface area contributed by atoms with Crippen LogP contribution in [0.3, 0.4) is 0 Å². The molecule has 0 heterocycles. The van der Waals surface area contributed by atoms with Crippen LogP contribution in [0.4, 0.5) is 0 Å². The van der Waals surface area contributed by atoms with Crippen LogP contribution in [0.1, 0.15) is 20.8 Å². The molecule has 0 aromatic heterocycles. The largest absolute Gasteiger partial charge is 0.314 e. The molecule has 2 heteroatoms. The molecule has 0 amide bonds. The van der Waals surface area contributed by atoms with Gasteiger partial charge >= 0.3 is 0 Å². The van der Waals surface area contributed by atoms with Gasteiger partial charge in [0.1, 0.15) is 7.14 Å². The summed E-state index contributed by atoms with van der Waals surface area (Å²) in [5.74, 6) is 0. The Balaban J connectivity index is 5.86. The van der Waals surface area contributed by atoms with Crippen molar-refractivity contribution in [2.24, 2.45) is 0 Å². The monoisotopic (exact) mass is 274 g/mol. The Morgan fingerprint density at radius 2 is 1.53 bits per heavy atom. The molecule has 1 atom stereocenters. The van der Waals surface area contributed by atoms with E-state index in [0.717, 1.165) is 10.6 Å². The van der Waals surface area contributed by atoms with E-state index in [9.17, 15) is 4.57 Å². The van der Waals surface area contributed by atoms with Crippen LogP contribution >= 0.6 is 7.14 Å². The Morgan fingerprint density at radius 3 is 1.95 bits per heavy atom. The van der Waals surface area contributed by atoms with Crippen LogP contribution in [-0.2, 0) is 4.57 Å². The van der Waals surface area contributed by atoms with E-state index in [4.69, 9.17) is 0 Å². The second-order valence-electron chi connectivity index (χ2n) is 4.00. The topological polar surface area (TPSA) is 17.1 Å². The summed E-state index contributed by atoms with van der Waals surface area (Å²) >= 11 is 0. The Labute approximate surface area is 117 Å². The van der Waals surface area contributed by atoms with Gasteiger partial charge in [-0.05, 0) is 39.6 Å². The minimum atomic E-state index is -2.61. The molecule has 0 bridgehead atoms. The third kappa shape index (κ3) is 5.75. The van der Waals surface area contributed by atoms with E-state index in [2.05, 4.69) is 12.3 Å². The quantitative estimate of drug-likeness (QED) is 0.339. The second-order valence-corrected chi connectivity index (χ2v) is 6.88. The van der Waals surface area contributed by atoms with Gasteiger partial charge in [0.25, 0.3) is 0 Å². The molecule has 0 aromatic rings. The molecule has 0 rings (SSSR count). The van der Waals surface area contributed by atoms with Crippen molar-refractivity contribution in [2.45, 2.75) is 20.8 Å². The van der Waals surface area contributed by atoms with E-state index in [0.29, 0.717) is 0 Å². The van der Waals surface area contributed by atoms with Crippen molar-refractivity contribution in [1.29, 1.82) is 0 Å². The van der Waals surface area contributed by atoms with Crippen LogP contribution in [0.25, 0.3) is 0 Å². The first kappa shape index (κ1) is 17.4. The molecule has 0 aliphatic carbocycles. The zero-order chi connectivity index (χ0) is 14.7. The molecule has 0 fully saturated rings. The van der Waals surface area contributed by atoms with Gasteiger partial charge in [-0.3, -0.25) is 0 Å². The maximum absolute atomic E-state index is 13.1. The molecule has 1 unspecified atom stereocenters. The molecular weight excluding hydrogens is 251 g/mol. The van der Waals surface area contributed by atoms with Gasteiger partial charge < -0.3 is 4.57 Å². The molecule has 19 heavy (non-hydrogen) atoms. The molecule has 0 aromatic carbocycles. The van der Waals surface area contributed by atoms with Gasteiger partial charge in [0.2, 0.25) is 0 Å². The summed E-state index contributed by atoms with van der Waals surface area (Å²) in [6, 6.07) is 0. The van der Waals surface area contributed by atoms with Crippen LogP contribution in [0.5, 0.6) is 0 Å². The van der Waals surface area contributed by atoms with Gasteiger partial charge in [0.05, 0.1) is 0 Å². The highest BCUT2D eigenvalue weighted by Gasteiger charge is 2.22. The third-order valence-electron chi connectivity index (χ3n) is 2.49. The van der Waals surface area contributed by atoms with Crippen LogP contribution in [0, 0.1) is 0 Å². The summed E-state index contributed by atoms with van der Waals surface area (Å²) in [4.78, 5) is 0. The van der Waals surface area contributed by atoms with E-state index in [1.54, 1.807) is 18.8 Å². The smallest absolute Gasteiger partial charge is 0.140 e. The minimum absolute atomic E-state index is 0.792. The summed E-state index contributed by atoms with van der Waals surface area (Å²) in [6.45, 7) is 11.1. The van der Waals surface area contributed by atoms with Crippen molar-refractivity contribution in [3.8, 4) is 0 Å². The van der Waals surface area contributed by atoms with Crippen LogP contribution < -0.4 is 0 Å². The molecule has 1 nitrogen and oxygen atoms in total. The van der Waals surface area contributed by atoms with Crippen LogP contribution in [-0.4, -0.2) is 6.66 Å². The van der Waals surface area contributed by atoms with Crippen molar-refractivity contribution in [3.63, 3.8) is 0 Å². The highest BCUT2D eigenvalue weighted by molar-refractivity contribution is 7.72. The van der Waals surface area contributed by atoms with Gasteiger partial charge in [0.15, 0.2) is 0 Å². The first-order chi connectivity index (χ1) is 9.04. The normalized spacial score (nSPS) is 17.1. The summed E-state index contributed by atoms with van der Waals surface area (Å²) in [7, 11) is -2.61. The van der Waals surface area contributed by atoms with Crippen LogP contribution in [0.2, 0.25) is 0 Å². The van der Waals surface area contributed by atoms with Crippen molar-refractivity contribution in [2.75, 3.05) is 6.66 Å². The maximum atomic E-state index is 13.1. The van der Waals surface area contributed by atoms with Gasteiger partial charge in [-0.1, -0.05) is 49.1 Å². The molecule has 102 valence electrons. The number of allylic oxidation sites excluding steroid dienone is 11. The summed E-state index contributed by atoms with van der Waals surface area (Å²) in [6.07, 6.45) is 16.8. The van der Waals surface area contributed by atoms with Crippen molar-refractivity contribution in [3.05, 3.63) is 77.6 Å². The Kier molecular flexibility index (Phi) is 8.62. The molecule has 0 aliphatic heterocycles. The first-order valence-corrected chi connectivity index (χ1v) is 8.43. The number of rotatable bonds is 6. The fourth-order valence-electron chi connectivity index (χ4n) is 1.51. The number of hydrogen-bond acceptors (Lipinski definition) is 1. The summed E-state index contributed by atoms with van der Waals surface area (Å²) < 4.78 is 13.1. The standard InChI is InChI=1S/C17H23OP/c1-6-10-14-16(12-8-3)19(5,18)17(13-9-4)15-11-7-2/h7-15H,1H2,2-5H3/b11-7-,12-8-,13-9-,16-14+,17-15+. The fourth-order valence-corrected chi connectivity index (χ4v) is 3.40. The molecule has 0 spiro atoms. The predicted octanol–water partition coefficient (Wildman–Crippen LogP) is 5.82. The van der Waals surface area contributed by atoms with E-state index < -0.39 is 7.14 Å². The minimum Gasteiger partial charge on any atom is -0.314 e. The van der Waals surface area contributed by atoms with E-state index in [1.807, 2.05) is 63.3 Å². The van der Waals surface area contributed by atoms with Gasteiger partial charge in [0, 0.05) is 10.6 Å². The molecule has 0 saturated carbocycles. The average Bonchev–Trinajstić information content (AvgIpc) is 2.39. The lowest BCUT2D eigenvalue weighted by Crippen LogP contribution is -1.87. The van der Waals surface area contributed by atoms with Crippen LogP contribution in [0.15, 0.2) is 77.6 Å². The first-order valence-electron chi connectivity index (χ1n) is 6.27. The molecular formula is C17H23OP. The van der Waals surface area contributed by atoms with Gasteiger partial charge in [-0.15, -0.1) is 5.73 Å². The zero-order valence-corrected chi connectivity index (χ0v) is 13.2. The van der Waals surface area contributed by atoms with Gasteiger partial charge in [-0.2, -0.15) is 0 Å². The maximum Gasteiger partial charge on any atom is 0.140 e. The SMILES string of the molecule is C=C=C/C=C(\C=C/C)P(C)(=O)C(/C=C\C)=C/C=C\C. The second kappa shape index (κ2) is 9.39. The number of hydrogen-bond donors (Lipinski definition) is 0.